The van der Waals surface area contributed by atoms with Gasteiger partial charge in [-0.05, 0) is 129 Å². The summed E-state index contributed by atoms with van der Waals surface area (Å²) in [7, 11) is 0. The molecule has 6 aliphatic rings. The zero-order chi connectivity index (χ0) is 31.6. The number of aliphatic hydroxyl groups is 1. The summed E-state index contributed by atoms with van der Waals surface area (Å²) in [6, 6.07) is 0. The van der Waals surface area contributed by atoms with E-state index in [4.69, 9.17) is 23.7 Å². The number of carbonyl (C=O) groups is 2. The van der Waals surface area contributed by atoms with E-state index in [0.717, 1.165) is 31.3 Å². The average Bonchev–Trinajstić information content (AvgIpc) is 3.39. The van der Waals surface area contributed by atoms with Crippen molar-refractivity contribution in [2.75, 3.05) is 0 Å². The number of ketones is 1. The number of fused-ring (bicyclic) bond motifs is 6. The van der Waals surface area contributed by atoms with Gasteiger partial charge in [0.1, 0.15) is 5.60 Å². The summed E-state index contributed by atoms with van der Waals surface area (Å²) in [6.07, 6.45) is 7.34. The number of rotatable bonds is 5. The summed E-state index contributed by atoms with van der Waals surface area (Å²) < 4.78 is 31.5. The molecule has 5 fully saturated rings. The first-order valence-electron chi connectivity index (χ1n) is 16.6. The Morgan fingerprint density at radius 2 is 1.65 bits per heavy atom. The van der Waals surface area contributed by atoms with Crippen LogP contribution in [-0.2, 0) is 33.3 Å². The largest absolute Gasteiger partial charge is 0.460 e. The number of hydrogen-bond acceptors (Lipinski definition) is 8. The van der Waals surface area contributed by atoms with Crippen molar-refractivity contribution >= 4 is 11.8 Å². The minimum absolute atomic E-state index is 0.0131. The third-order valence-corrected chi connectivity index (χ3v) is 12.6. The summed E-state index contributed by atoms with van der Waals surface area (Å²) in [5.41, 5.74) is -2.24. The summed E-state index contributed by atoms with van der Waals surface area (Å²) in [5.74, 6) is -1.59. The van der Waals surface area contributed by atoms with Crippen molar-refractivity contribution in [2.24, 2.45) is 28.6 Å². The second kappa shape index (κ2) is 9.60. The van der Waals surface area contributed by atoms with Crippen molar-refractivity contribution in [3.05, 3.63) is 11.6 Å². The number of allylic oxidation sites excluding steroid dienone is 1. The van der Waals surface area contributed by atoms with E-state index in [9.17, 15) is 14.7 Å². The van der Waals surface area contributed by atoms with Gasteiger partial charge in [-0.25, -0.2) is 0 Å². The first kappa shape index (κ1) is 31.7. The molecule has 2 saturated heterocycles. The van der Waals surface area contributed by atoms with Crippen LogP contribution in [0.15, 0.2) is 11.6 Å². The Hall–Kier alpha value is -1.32. The minimum atomic E-state index is -1.10. The second-order valence-corrected chi connectivity index (χ2v) is 16.9. The third-order valence-electron chi connectivity index (χ3n) is 12.6. The van der Waals surface area contributed by atoms with E-state index < -0.39 is 33.8 Å². The first-order valence-corrected chi connectivity index (χ1v) is 16.6. The molecule has 0 radical (unpaired) electrons. The molecule has 6 rings (SSSR count). The van der Waals surface area contributed by atoms with Crippen molar-refractivity contribution in [2.45, 2.75) is 167 Å². The molecule has 0 unspecified atom stereocenters. The highest BCUT2D eigenvalue weighted by Gasteiger charge is 2.71. The molecule has 43 heavy (non-hydrogen) atoms. The molecular weight excluding hydrogens is 548 g/mol. The topological polar surface area (TPSA) is 101 Å². The van der Waals surface area contributed by atoms with Gasteiger partial charge in [0.05, 0.1) is 29.5 Å². The molecule has 0 amide bonds. The highest BCUT2D eigenvalue weighted by atomic mass is 16.8. The molecular formula is C35H54O8. The van der Waals surface area contributed by atoms with Crippen molar-refractivity contribution in [1.29, 1.82) is 0 Å². The Kier molecular flexibility index (Phi) is 7.07. The van der Waals surface area contributed by atoms with Crippen LogP contribution in [0, 0.1) is 28.6 Å². The van der Waals surface area contributed by atoms with Crippen molar-refractivity contribution in [3.8, 4) is 0 Å². The molecule has 0 bridgehead atoms. The smallest absolute Gasteiger partial charge is 0.303 e. The number of ether oxygens (including phenoxy) is 5. The highest BCUT2D eigenvalue weighted by Crippen LogP contribution is 2.70. The molecule has 2 aliphatic heterocycles. The fourth-order valence-electron chi connectivity index (χ4n) is 10.9. The number of hydrogen-bond donors (Lipinski definition) is 1. The predicted octanol–water partition coefficient (Wildman–Crippen LogP) is 6.02. The average molecular weight is 603 g/mol. The molecule has 1 N–H and O–H groups in total. The van der Waals surface area contributed by atoms with Crippen LogP contribution >= 0.6 is 0 Å². The van der Waals surface area contributed by atoms with Crippen LogP contribution < -0.4 is 0 Å². The Labute approximate surface area is 257 Å². The summed E-state index contributed by atoms with van der Waals surface area (Å²) in [4.78, 5) is 25.6. The SMILES string of the molecule is CC(=O)OC(C)(C)CC[C@@H]1OC(C)(C)O[C@]1(C)[C@@H]1CC[C@@]2(O)C3=CC(=O)[C@@H]4C[C@H]5OC(C)(C)O[C@H]5C[C@]4(C)[C@@H]3CC[C@]12C. The van der Waals surface area contributed by atoms with Gasteiger partial charge in [-0.1, -0.05) is 13.8 Å². The fraction of sp³-hybridized carbons (Fsp3) is 0.886. The van der Waals surface area contributed by atoms with Gasteiger partial charge in [0, 0.05) is 18.3 Å². The normalized spacial score (nSPS) is 48.2. The van der Waals surface area contributed by atoms with E-state index in [0.29, 0.717) is 25.7 Å². The quantitative estimate of drug-likeness (QED) is 0.381. The molecule has 242 valence electrons. The van der Waals surface area contributed by atoms with Gasteiger partial charge in [-0.15, -0.1) is 0 Å². The summed E-state index contributed by atoms with van der Waals surface area (Å²) in [5, 5.41) is 12.8. The Morgan fingerprint density at radius 3 is 2.33 bits per heavy atom. The van der Waals surface area contributed by atoms with Crippen molar-refractivity contribution in [3.63, 3.8) is 0 Å². The lowest BCUT2D eigenvalue weighted by atomic mass is 9.45. The molecule has 0 aromatic carbocycles. The lowest BCUT2D eigenvalue weighted by molar-refractivity contribution is -0.190. The molecule has 0 aromatic heterocycles. The van der Waals surface area contributed by atoms with E-state index in [2.05, 4.69) is 20.8 Å². The first-order chi connectivity index (χ1) is 19.6. The maximum atomic E-state index is 13.9. The van der Waals surface area contributed by atoms with Crippen LogP contribution in [0.5, 0.6) is 0 Å². The summed E-state index contributed by atoms with van der Waals surface area (Å²) >= 11 is 0. The van der Waals surface area contributed by atoms with Gasteiger partial charge < -0.3 is 28.8 Å². The number of carbonyl (C=O) groups excluding carboxylic acids is 2. The molecule has 8 nitrogen and oxygen atoms in total. The molecule has 4 aliphatic carbocycles. The van der Waals surface area contributed by atoms with Gasteiger partial charge in [-0.3, -0.25) is 9.59 Å². The number of esters is 1. The zero-order valence-corrected chi connectivity index (χ0v) is 28.0. The van der Waals surface area contributed by atoms with E-state index in [1.165, 1.54) is 6.92 Å². The molecule has 8 heteroatoms. The standard InChI is InChI=1S/C35H54O8/c1-20(36)39-29(2,3)14-13-28-34(10,43-31(6,7)42-28)27-12-16-35(38)22-17-24(37)23-18-25-26(41-30(4,5)40-25)19-32(23,8)21(22)11-15-33(27,35)9/h17,21,23,25-28,38H,11-16,18-19H2,1-10H3/t21-,23+,25-,26+,27-,28+,32-,33-,34-,35-/m1/s1. The lowest BCUT2D eigenvalue weighted by Crippen LogP contribution is -2.62. The predicted molar refractivity (Wildman–Crippen MR) is 160 cm³/mol. The van der Waals surface area contributed by atoms with Gasteiger partial charge >= 0.3 is 5.97 Å². The van der Waals surface area contributed by atoms with E-state index >= 15 is 0 Å². The lowest BCUT2D eigenvalue weighted by Gasteiger charge is -2.60. The Balaban J connectivity index is 1.30. The van der Waals surface area contributed by atoms with Gasteiger partial charge in [0.25, 0.3) is 0 Å². The third kappa shape index (κ3) is 4.79. The molecule has 3 saturated carbocycles. The minimum Gasteiger partial charge on any atom is -0.460 e. The molecule has 2 heterocycles. The van der Waals surface area contributed by atoms with Crippen LogP contribution in [0.1, 0.15) is 121 Å². The second-order valence-electron chi connectivity index (χ2n) is 16.9. The van der Waals surface area contributed by atoms with Crippen LogP contribution in [0.3, 0.4) is 0 Å². The zero-order valence-electron chi connectivity index (χ0n) is 28.0. The Morgan fingerprint density at radius 1 is 0.977 bits per heavy atom. The van der Waals surface area contributed by atoms with Crippen LogP contribution in [0.25, 0.3) is 0 Å². The van der Waals surface area contributed by atoms with Crippen LogP contribution in [-0.4, -0.2) is 63.5 Å². The van der Waals surface area contributed by atoms with Crippen LogP contribution in [0.2, 0.25) is 0 Å². The van der Waals surface area contributed by atoms with E-state index in [1.54, 1.807) is 0 Å². The molecule has 10 atom stereocenters. The monoisotopic (exact) mass is 602 g/mol. The fourth-order valence-corrected chi connectivity index (χ4v) is 10.9. The van der Waals surface area contributed by atoms with Crippen LogP contribution in [0.4, 0.5) is 0 Å². The Bertz CT molecular complexity index is 1220. The van der Waals surface area contributed by atoms with Gasteiger partial charge in [0.15, 0.2) is 17.4 Å². The van der Waals surface area contributed by atoms with E-state index in [1.807, 2.05) is 47.6 Å². The molecule has 0 aromatic rings. The summed E-state index contributed by atoms with van der Waals surface area (Å²) in [6.45, 7) is 19.8. The van der Waals surface area contributed by atoms with E-state index in [-0.39, 0.29) is 53.2 Å². The van der Waals surface area contributed by atoms with Gasteiger partial charge in [-0.2, -0.15) is 0 Å². The maximum Gasteiger partial charge on any atom is 0.303 e. The van der Waals surface area contributed by atoms with Gasteiger partial charge in [0.2, 0.25) is 0 Å². The van der Waals surface area contributed by atoms with Crippen molar-refractivity contribution < 1.29 is 38.4 Å². The van der Waals surface area contributed by atoms with Crippen molar-refractivity contribution in [1.82, 2.24) is 0 Å². The maximum absolute atomic E-state index is 13.9. The molecule has 0 spiro atoms. The highest BCUT2D eigenvalue weighted by molar-refractivity contribution is 5.95.